The van der Waals surface area contributed by atoms with Gasteiger partial charge in [0.2, 0.25) is 5.91 Å². The molecule has 0 spiro atoms. The Labute approximate surface area is 89.8 Å². The number of amides is 1. The van der Waals surface area contributed by atoms with E-state index in [0.717, 1.165) is 13.0 Å². The lowest BCUT2D eigenvalue weighted by atomic mass is 10.0. The average molecular weight is 211 g/mol. The molecule has 5 nitrogen and oxygen atoms in total. The highest BCUT2D eigenvalue weighted by Crippen LogP contribution is 2.13. The lowest BCUT2D eigenvalue weighted by Gasteiger charge is -2.17. The first-order valence-electron chi connectivity index (χ1n) is 5.25. The number of nitrogens with one attached hydrogen (secondary N) is 2. The summed E-state index contributed by atoms with van der Waals surface area (Å²) >= 11 is 0. The van der Waals surface area contributed by atoms with Gasteiger partial charge in [0.25, 0.3) is 0 Å². The molecule has 1 amide bonds. The number of rotatable bonds is 5. The maximum Gasteiger partial charge on any atom is 0.227 e. The lowest BCUT2D eigenvalue weighted by molar-refractivity contribution is -0.125. The Bertz CT molecular complexity index is 250. The summed E-state index contributed by atoms with van der Waals surface area (Å²) in [5.74, 6) is -0.257. The van der Waals surface area contributed by atoms with E-state index in [9.17, 15) is 4.79 Å². The molecule has 1 aliphatic heterocycles. The third-order valence-corrected chi connectivity index (χ3v) is 2.42. The fourth-order valence-electron chi connectivity index (χ4n) is 1.60. The summed E-state index contributed by atoms with van der Waals surface area (Å²) in [5, 5.41) is 14.2. The monoisotopic (exact) mass is 211 g/mol. The van der Waals surface area contributed by atoms with Crippen LogP contribution in [0.3, 0.4) is 0 Å². The Balaban J connectivity index is 2.38. The van der Waals surface area contributed by atoms with Gasteiger partial charge in [0.1, 0.15) is 6.54 Å². The van der Waals surface area contributed by atoms with Crippen molar-refractivity contribution in [3.8, 4) is 6.07 Å². The molecule has 0 bridgehead atoms. The molecule has 1 aliphatic rings. The minimum Gasteiger partial charge on any atom is -0.379 e. The number of hydrogen-bond donors (Lipinski definition) is 2. The van der Waals surface area contributed by atoms with Crippen molar-refractivity contribution in [3.05, 3.63) is 0 Å². The Hall–Kier alpha value is -1.12. The Kier molecular flexibility index (Phi) is 5.08. The molecule has 2 N–H and O–H groups in total. The first-order valence-corrected chi connectivity index (χ1v) is 5.25. The SMILES string of the molecule is CCCNC1COCC1C(=O)NCC#N. The molecule has 1 fully saturated rings. The van der Waals surface area contributed by atoms with E-state index in [0.29, 0.717) is 13.2 Å². The van der Waals surface area contributed by atoms with Gasteiger partial charge in [-0.1, -0.05) is 6.92 Å². The second kappa shape index (κ2) is 6.38. The zero-order valence-electron chi connectivity index (χ0n) is 8.95. The molecule has 1 saturated heterocycles. The van der Waals surface area contributed by atoms with E-state index >= 15 is 0 Å². The second-order valence-electron chi connectivity index (χ2n) is 3.58. The van der Waals surface area contributed by atoms with Gasteiger partial charge in [0.05, 0.1) is 25.2 Å². The van der Waals surface area contributed by atoms with Crippen molar-refractivity contribution in [2.75, 3.05) is 26.3 Å². The summed E-state index contributed by atoms with van der Waals surface area (Å²) in [4.78, 5) is 11.6. The van der Waals surface area contributed by atoms with Gasteiger partial charge in [0, 0.05) is 6.04 Å². The smallest absolute Gasteiger partial charge is 0.227 e. The van der Waals surface area contributed by atoms with Crippen LogP contribution < -0.4 is 10.6 Å². The van der Waals surface area contributed by atoms with Crippen LogP contribution in [-0.4, -0.2) is 38.3 Å². The van der Waals surface area contributed by atoms with Crippen molar-refractivity contribution in [2.45, 2.75) is 19.4 Å². The second-order valence-corrected chi connectivity index (χ2v) is 3.58. The van der Waals surface area contributed by atoms with Gasteiger partial charge in [-0.3, -0.25) is 4.79 Å². The van der Waals surface area contributed by atoms with Crippen LogP contribution in [0, 0.1) is 17.2 Å². The zero-order chi connectivity index (χ0) is 11.1. The third-order valence-electron chi connectivity index (χ3n) is 2.42. The van der Waals surface area contributed by atoms with Crippen LogP contribution in [0.1, 0.15) is 13.3 Å². The Morgan fingerprint density at radius 2 is 2.40 bits per heavy atom. The first kappa shape index (κ1) is 12.0. The minimum atomic E-state index is -0.162. The quantitative estimate of drug-likeness (QED) is 0.609. The summed E-state index contributed by atoms with van der Waals surface area (Å²) < 4.78 is 5.26. The van der Waals surface area contributed by atoms with Gasteiger partial charge in [0.15, 0.2) is 0 Å². The van der Waals surface area contributed by atoms with E-state index in [-0.39, 0.29) is 24.4 Å². The lowest BCUT2D eigenvalue weighted by Crippen LogP contribution is -2.44. The number of carbonyl (C=O) groups is 1. The number of nitriles is 1. The van der Waals surface area contributed by atoms with E-state index in [4.69, 9.17) is 10.00 Å². The highest BCUT2D eigenvalue weighted by Gasteiger charge is 2.33. The van der Waals surface area contributed by atoms with Crippen molar-refractivity contribution in [2.24, 2.45) is 5.92 Å². The van der Waals surface area contributed by atoms with E-state index in [2.05, 4.69) is 17.6 Å². The topological polar surface area (TPSA) is 74.2 Å². The molecule has 15 heavy (non-hydrogen) atoms. The van der Waals surface area contributed by atoms with Crippen LogP contribution in [0.5, 0.6) is 0 Å². The van der Waals surface area contributed by atoms with Crippen molar-refractivity contribution >= 4 is 5.91 Å². The average Bonchev–Trinajstić information content (AvgIpc) is 2.71. The predicted molar refractivity (Wildman–Crippen MR) is 55.0 cm³/mol. The van der Waals surface area contributed by atoms with E-state index < -0.39 is 0 Å². The standard InChI is InChI=1S/C10H17N3O2/c1-2-4-12-9-7-15-6-8(9)10(14)13-5-3-11/h8-9,12H,2,4-7H2,1H3,(H,13,14). The summed E-state index contributed by atoms with van der Waals surface area (Å²) in [6, 6.07) is 1.97. The number of ether oxygens (including phenoxy) is 1. The maximum absolute atomic E-state index is 11.6. The summed E-state index contributed by atoms with van der Waals surface area (Å²) in [6.07, 6.45) is 1.03. The molecule has 0 aliphatic carbocycles. The first-order chi connectivity index (χ1) is 7.29. The maximum atomic E-state index is 11.6. The number of nitrogens with zero attached hydrogens (tertiary/aromatic N) is 1. The molecule has 0 saturated carbocycles. The molecule has 2 unspecified atom stereocenters. The molecule has 1 rings (SSSR count). The molecule has 0 aromatic rings. The Morgan fingerprint density at radius 3 is 3.07 bits per heavy atom. The van der Waals surface area contributed by atoms with E-state index in [1.54, 1.807) is 0 Å². The molecule has 2 atom stereocenters. The molecular weight excluding hydrogens is 194 g/mol. The van der Waals surface area contributed by atoms with Gasteiger partial charge in [-0.15, -0.1) is 0 Å². The van der Waals surface area contributed by atoms with Crippen molar-refractivity contribution in [1.82, 2.24) is 10.6 Å². The molecule has 1 heterocycles. The van der Waals surface area contributed by atoms with Crippen LogP contribution in [0.25, 0.3) is 0 Å². The molecular formula is C10H17N3O2. The fraction of sp³-hybridized carbons (Fsp3) is 0.800. The highest BCUT2D eigenvalue weighted by atomic mass is 16.5. The van der Waals surface area contributed by atoms with Crippen molar-refractivity contribution in [1.29, 1.82) is 5.26 Å². The third kappa shape index (κ3) is 3.50. The summed E-state index contributed by atoms with van der Waals surface area (Å²) in [5.41, 5.74) is 0. The summed E-state index contributed by atoms with van der Waals surface area (Å²) in [7, 11) is 0. The van der Waals surface area contributed by atoms with Gasteiger partial charge in [-0.25, -0.2) is 0 Å². The molecule has 0 aromatic carbocycles. The molecule has 0 radical (unpaired) electrons. The largest absolute Gasteiger partial charge is 0.379 e. The zero-order valence-corrected chi connectivity index (χ0v) is 8.95. The number of hydrogen-bond acceptors (Lipinski definition) is 4. The van der Waals surface area contributed by atoms with Crippen LogP contribution in [-0.2, 0) is 9.53 Å². The van der Waals surface area contributed by atoms with E-state index in [1.807, 2.05) is 6.07 Å². The van der Waals surface area contributed by atoms with Gasteiger partial charge in [-0.05, 0) is 13.0 Å². The summed E-state index contributed by atoms with van der Waals surface area (Å²) in [6.45, 7) is 4.04. The van der Waals surface area contributed by atoms with Gasteiger partial charge in [-0.2, -0.15) is 5.26 Å². The fourth-order valence-corrected chi connectivity index (χ4v) is 1.60. The Morgan fingerprint density at radius 1 is 1.60 bits per heavy atom. The normalized spacial score (nSPS) is 24.8. The van der Waals surface area contributed by atoms with Crippen LogP contribution in [0.2, 0.25) is 0 Å². The van der Waals surface area contributed by atoms with Crippen LogP contribution >= 0.6 is 0 Å². The van der Waals surface area contributed by atoms with E-state index in [1.165, 1.54) is 0 Å². The predicted octanol–water partition coefficient (Wildman–Crippen LogP) is -0.359. The van der Waals surface area contributed by atoms with Crippen LogP contribution in [0.15, 0.2) is 0 Å². The van der Waals surface area contributed by atoms with Crippen molar-refractivity contribution < 1.29 is 9.53 Å². The van der Waals surface area contributed by atoms with Gasteiger partial charge < -0.3 is 15.4 Å². The molecule has 84 valence electrons. The molecule has 5 heteroatoms. The highest BCUT2D eigenvalue weighted by molar-refractivity contribution is 5.80. The molecule has 0 aromatic heterocycles. The minimum absolute atomic E-state index is 0.0653. The number of carbonyl (C=O) groups excluding carboxylic acids is 1. The van der Waals surface area contributed by atoms with Crippen LogP contribution in [0.4, 0.5) is 0 Å². The van der Waals surface area contributed by atoms with Gasteiger partial charge >= 0.3 is 0 Å². The van der Waals surface area contributed by atoms with Crippen molar-refractivity contribution in [3.63, 3.8) is 0 Å².